The number of ether oxygens (including phenoxy) is 2. The third-order valence-electron chi connectivity index (χ3n) is 4.88. The molecule has 32 heavy (non-hydrogen) atoms. The van der Waals surface area contributed by atoms with Gasteiger partial charge in [-0.2, -0.15) is 0 Å². The van der Waals surface area contributed by atoms with Gasteiger partial charge in [-0.05, 0) is 49.6 Å². The summed E-state index contributed by atoms with van der Waals surface area (Å²) in [5, 5.41) is 6.78. The van der Waals surface area contributed by atoms with Crippen LogP contribution in [0.3, 0.4) is 0 Å². The Kier molecular flexibility index (Phi) is 9.06. The highest BCUT2D eigenvalue weighted by Crippen LogP contribution is 2.11. The predicted molar refractivity (Wildman–Crippen MR) is 126 cm³/mol. The van der Waals surface area contributed by atoms with E-state index in [-0.39, 0.29) is 0 Å². The van der Waals surface area contributed by atoms with E-state index in [0.717, 1.165) is 60.7 Å². The lowest BCUT2D eigenvalue weighted by Crippen LogP contribution is -2.37. The molecule has 0 saturated carbocycles. The first kappa shape index (κ1) is 23.3. The number of hydrogen-bond acceptors (Lipinski definition) is 5. The number of aromatic nitrogens is 3. The zero-order valence-electron chi connectivity index (χ0n) is 19.0. The van der Waals surface area contributed by atoms with Gasteiger partial charge in [0.25, 0.3) is 0 Å². The Morgan fingerprint density at radius 1 is 1.06 bits per heavy atom. The number of imidazole rings is 1. The summed E-state index contributed by atoms with van der Waals surface area (Å²) in [5.41, 5.74) is 2.18. The van der Waals surface area contributed by atoms with Crippen LogP contribution in [0.15, 0.2) is 60.0 Å². The second kappa shape index (κ2) is 12.5. The van der Waals surface area contributed by atoms with E-state index in [1.807, 2.05) is 67.2 Å². The number of methoxy groups -OCH3 is 1. The SMILES string of the molecule is CCOCCCNC(=NCc1ccc(-n2ccnc2C)nc1)NCc1ccc(OC)cc1. The van der Waals surface area contributed by atoms with Crippen LogP contribution in [0.25, 0.3) is 5.82 Å². The van der Waals surface area contributed by atoms with Crippen molar-refractivity contribution in [1.82, 2.24) is 25.2 Å². The van der Waals surface area contributed by atoms with Gasteiger partial charge in [0.05, 0.1) is 13.7 Å². The van der Waals surface area contributed by atoms with Crippen molar-refractivity contribution in [2.24, 2.45) is 4.99 Å². The Bertz CT molecular complexity index is 967. The Balaban J connectivity index is 1.60. The number of nitrogens with zero attached hydrogens (tertiary/aromatic N) is 4. The lowest BCUT2D eigenvalue weighted by Gasteiger charge is -2.13. The molecule has 8 heteroatoms. The summed E-state index contributed by atoms with van der Waals surface area (Å²) in [6.45, 7) is 7.40. The molecule has 1 aromatic carbocycles. The number of pyridine rings is 1. The number of hydrogen-bond donors (Lipinski definition) is 2. The van der Waals surface area contributed by atoms with E-state index in [2.05, 4.69) is 20.6 Å². The number of rotatable bonds is 11. The number of nitrogens with one attached hydrogen (secondary N) is 2. The van der Waals surface area contributed by atoms with E-state index in [1.54, 1.807) is 13.3 Å². The normalized spacial score (nSPS) is 11.4. The molecule has 3 rings (SSSR count). The van der Waals surface area contributed by atoms with E-state index < -0.39 is 0 Å². The summed E-state index contributed by atoms with van der Waals surface area (Å²) >= 11 is 0. The fourth-order valence-electron chi connectivity index (χ4n) is 3.07. The minimum atomic E-state index is 0.527. The van der Waals surface area contributed by atoms with Crippen LogP contribution in [0.2, 0.25) is 0 Å². The summed E-state index contributed by atoms with van der Waals surface area (Å²) < 4.78 is 12.6. The number of aliphatic imine (C=N–C) groups is 1. The number of guanidine groups is 1. The van der Waals surface area contributed by atoms with Gasteiger partial charge < -0.3 is 20.1 Å². The van der Waals surface area contributed by atoms with Crippen LogP contribution in [-0.2, 0) is 17.8 Å². The first-order valence-corrected chi connectivity index (χ1v) is 10.9. The van der Waals surface area contributed by atoms with E-state index >= 15 is 0 Å². The highest BCUT2D eigenvalue weighted by molar-refractivity contribution is 5.79. The second-order valence-corrected chi connectivity index (χ2v) is 7.21. The minimum absolute atomic E-state index is 0.527. The Morgan fingerprint density at radius 2 is 1.88 bits per heavy atom. The molecule has 170 valence electrons. The van der Waals surface area contributed by atoms with Crippen LogP contribution >= 0.6 is 0 Å². The van der Waals surface area contributed by atoms with E-state index in [4.69, 9.17) is 14.5 Å². The molecule has 8 nitrogen and oxygen atoms in total. The van der Waals surface area contributed by atoms with Gasteiger partial charge in [0.2, 0.25) is 0 Å². The first-order valence-electron chi connectivity index (χ1n) is 10.9. The molecule has 3 aromatic rings. The summed E-state index contributed by atoms with van der Waals surface area (Å²) in [6, 6.07) is 12.0. The van der Waals surface area contributed by atoms with Gasteiger partial charge in [-0.15, -0.1) is 0 Å². The van der Waals surface area contributed by atoms with Crippen molar-refractivity contribution in [3.8, 4) is 11.6 Å². The maximum Gasteiger partial charge on any atom is 0.191 e. The largest absolute Gasteiger partial charge is 0.497 e. The Hall–Kier alpha value is -3.39. The average molecular weight is 437 g/mol. The summed E-state index contributed by atoms with van der Waals surface area (Å²) in [7, 11) is 1.67. The molecule has 0 aliphatic heterocycles. The third-order valence-corrected chi connectivity index (χ3v) is 4.88. The van der Waals surface area contributed by atoms with Crippen LogP contribution in [-0.4, -0.2) is 47.4 Å². The quantitative estimate of drug-likeness (QED) is 0.273. The first-order chi connectivity index (χ1) is 15.7. The second-order valence-electron chi connectivity index (χ2n) is 7.21. The molecule has 2 N–H and O–H groups in total. The maximum atomic E-state index is 5.42. The van der Waals surface area contributed by atoms with Crippen LogP contribution in [0.5, 0.6) is 5.75 Å². The van der Waals surface area contributed by atoms with Crippen molar-refractivity contribution in [1.29, 1.82) is 0 Å². The van der Waals surface area contributed by atoms with Gasteiger partial charge in [0, 0.05) is 44.9 Å². The van der Waals surface area contributed by atoms with Crippen LogP contribution in [0.1, 0.15) is 30.3 Å². The molecule has 0 spiro atoms. The van der Waals surface area contributed by atoms with Gasteiger partial charge in [-0.1, -0.05) is 18.2 Å². The molecule has 0 aliphatic carbocycles. The predicted octanol–water partition coefficient (Wildman–Crippen LogP) is 3.25. The highest BCUT2D eigenvalue weighted by Gasteiger charge is 2.04. The van der Waals surface area contributed by atoms with Gasteiger partial charge in [0.15, 0.2) is 5.96 Å². The van der Waals surface area contributed by atoms with Gasteiger partial charge >= 0.3 is 0 Å². The van der Waals surface area contributed by atoms with Crippen molar-refractivity contribution in [2.75, 3.05) is 26.9 Å². The monoisotopic (exact) mass is 436 g/mol. The zero-order chi connectivity index (χ0) is 22.6. The molecule has 2 heterocycles. The van der Waals surface area contributed by atoms with Crippen molar-refractivity contribution < 1.29 is 9.47 Å². The lowest BCUT2D eigenvalue weighted by atomic mass is 10.2. The molecular weight excluding hydrogens is 404 g/mol. The summed E-state index contributed by atoms with van der Waals surface area (Å²) in [4.78, 5) is 13.5. The van der Waals surface area contributed by atoms with E-state index in [9.17, 15) is 0 Å². The smallest absolute Gasteiger partial charge is 0.191 e. The van der Waals surface area contributed by atoms with Crippen molar-refractivity contribution >= 4 is 5.96 Å². The Labute approximate surface area is 189 Å². The molecule has 0 fully saturated rings. The maximum absolute atomic E-state index is 5.42. The van der Waals surface area contributed by atoms with Crippen LogP contribution in [0.4, 0.5) is 0 Å². The fourth-order valence-corrected chi connectivity index (χ4v) is 3.07. The van der Waals surface area contributed by atoms with Gasteiger partial charge in [0.1, 0.15) is 17.4 Å². The molecule has 0 radical (unpaired) electrons. The lowest BCUT2D eigenvalue weighted by molar-refractivity contribution is 0.145. The fraction of sp³-hybridized carbons (Fsp3) is 0.375. The molecule has 0 aliphatic rings. The zero-order valence-corrected chi connectivity index (χ0v) is 19.0. The van der Waals surface area contributed by atoms with Gasteiger partial charge in [-0.25, -0.2) is 15.0 Å². The minimum Gasteiger partial charge on any atom is -0.497 e. The molecule has 0 atom stereocenters. The standard InChI is InChI=1S/C24H32N6O2/c1-4-32-15-5-12-26-24(28-16-20-6-9-22(31-3)10-7-20)29-18-21-8-11-23(27-17-21)30-14-13-25-19(30)2/h6-11,13-14,17H,4-5,12,15-16,18H2,1-3H3,(H2,26,28,29). The van der Waals surface area contributed by atoms with E-state index in [1.165, 1.54) is 0 Å². The third kappa shape index (κ3) is 7.09. The molecule has 0 unspecified atom stereocenters. The highest BCUT2D eigenvalue weighted by atomic mass is 16.5. The molecule has 0 amide bonds. The molecule has 0 saturated heterocycles. The van der Waals surface area contributed by atoms with Crippen molar-refractivity contribution in [3.05, 3.63) is 71.9 Å². The number of benzene rings is 1. The average Bonchev–Trinajstić information content (AvgIpc) is 3.26. The van der Waals surface area contributed by atoms with E-state index in [0.29, 0.717) is 13.1 Å². The van der Waals surface area contributed by atoms with Crippen LogP contribution in [0, 0.1) is 6.92 Å². The summed E-state index contributed by atoms with van der Waals surface area (Å²) in [6.07, 6.45) is 6.45. The van der Waals surface area contributed by atoms with Crippen LogP contribution < -0.4 is 15.4 Å². The summed E-state index contributed by atoms with van der Waals surface area (Å²) in [5.74, 6) is 3.36. The van der Waals surface area contributed by atoms with Gasteiger partial charge in [-0.3, -0.25) is 4.57 Å². The topological polar surface area (TPSA) is 85.6 Å². The molecule has 0 bridgehead atoms. The van der Waals surface area contributed by atoms with Crippen molar-refractivity contribution in [2.45, 2.75) is 33.4 Å². The Morgan fingerprint density at radius 3 is 2.53 bits per heavy atom. The number of aryl methyl sites for hydroxylation is 1. The molecule has 2 aromatic heterocycles. The van der Waals surface area contributed by atoms with Crippen molar-refractivity contribution in [3.63, 3.8) is 0 Å². The molecular formula is C24H32N6O2.